The van der Waals surface area contributed by atoms with Gasteiger partial charge in [0.15, 0.2) is 0 Å². The van der Waals surface area contributed by atoms with Gasteiger partial charge in [-0.1, -0.05) is 12.1 Å². The van der Waals surface area contributed by atoms with Gasteiger partial charge in [-0.25, -0.2) is 4.39 Å². The van der Waals surface area contributed by atoms with Crippen molar-refractivity contribution in [3.8, 4) is 0 Å². The highest BCUT2D eigenvalue weighted by Crippen LogP contribution is 2.28. The molecule has 0 saturated carbocycles. The summed E-state index contributed by atoms with van der Waals surface area (Å²) in [5, 5.41) is 0. The maximum absolute atomic E-state index is 13.4. The molecule has 3 fully saturated rings. The molecule has 1 aromatic rings. The highest BCUT2D eigenvalue weighted by molar-refractivity contribution is 5.16. The molecule has 0 N–H and O–H groups in total. The molecule has 4 rings (SSSR count). The molecule has 23 heavy (non-hydrogen) atoms. The third kappa shape index (κ3) is 3.43. The number of nitrogens with zero attached hydrogens (tertiary/aromatic N) is 2. The SMILES string of the molecule is Fc1cccc(CN2C[C@@H]3OCCN(C4CCOCC4)[C@@H]3C2)c1. The summed E-state index contributed by atoms with van der Waals surface area (Å²) >= 11 is 0. The van der Waals surface area contributed by atoms with Crippen LogP contribution in [0, 0.1) is 5.82 Å². The number of halogens is 1. The summed E-state index contributed by atoms with van der Waals surface area (Å²) < 4.78 is 24.9. The first-order chi connectivity index (χ1) is 11.3. The molecule has 3 aliphatic rings. The Hall–Kier alpha value is -1.01. The monoisotopic (exact) mass is 320 g/mol. The molecule has 0 aromatic heterocycles. The van der Waals surface area contributed by atoms with E-state index in [9.17, 15) is 4.39 Å². The zero-order chi connectivity index (χ0) is 15.6. The molecule has 2 atom stereocenters. The van der Waals surface area contributed by atoms with E-state index in [0.29, 0.717) is 18.2 Å². The molecule has 126 valence electrons. The number of hydrogen-bond donors (Lipinski definition) is 0. The Morgan fingerprint density at radius 1 is 1.13 bits per heavy atom. The lowest BCUT2D eigenvalue weighted by atomic mass is 10.0. The summed E-state index contributed by atoms with van der Waals surface area (Å²) in [5.41, 5.74) is 1.04. The standard InChI is InChI=1S/C18H25FN2O2/c19-15-3-1-2-14(10-15)11-20-12-17-18(13-20)23-9-6-21(17)16-4-7-22-8-5-16/h1-3,10,16-18H,4-9,11-13H2/t17-,18+/m1/s1. The number of benzene rings is 1. The summed E-state index contributed by atoms with van der Waals surface area (Å²) in [6.07, 6.45) is 2.56. The van der Waals surface area contributed by atoms with Gasteiger partial charge in [-0.15, -0.1) is 0 Å². The van der Waals surface area contributed by atoms with Crippen molar-refractivity contribution in [2.75, 3.05) is 39.5 Å². The lowest BCUT2D eigenvalue weighted by Gasteiger charge is -2.43. The topological polar surface area (TPSA) is 24.9 Å². The van der Waals surface area contributed by atoms with Crippen LogP contribution in [0.15, 0.2) is 24.3 Å². The predicted octanol–water partition coefficient (Wildman–Crippen LogP) is 1.89. The fourth-order valence-electron chi connectivity index (χ4n) is 4.28. The van der Waals surface area contributed by atoms with Gasteiger partial charge < -0.3 is 9.47 Å². The van der Waals surface area contributed by atoms with Crippen LogP contribution in [0.1, 0.15) is 18.4 Å². The first kappa shape index (κ1) is 15.5. The maximum Gasteiger partial charge on any atom is 0.123 e. The first-order valence-electron chi connectivity index (χ1n) is 8.71. The van der Waals surface area contributed by atoms with E-state index >= 15 is 0 Å². The summed E-state index contributed by atoms with van der Waals surface area (Å²) in [4.78, 5) is 5.06. The molecule has 0 radical (unpaired) electrons. The van der Waals surface area contributed by atoms with Gasteiger partial charge in [0.1, 0.15) is 5.82 Å². The van der Waals surface area contributed by atoms with Gasteiger partial charge in [-0.2, -0.15) is 0 Å². The third-order valence-electron chi connectivity index (χ3n) is 5.38. The molecule has 3 aliphatic heterocycles. The van der Waals surface area contributed by atoms with Crippen molar-refractivity contribution in [2.45, 2.75) is 37.6 Å². The predicted molar refractivity (Wildman–Crippen MR) is 85.8 cm³/mol. The Bertz CT molecular complexity index is 536. The number of morpholine rings is 1. The summed E-state index contributed by atoms with van der Waals surface area (Å²) in [7, 11) is 0. The second-order valence-corrected chi connectivity index (χ2v) is 6.88. The van der Waals surface area contributed by atoms with Gasteiger partial charge >= 0.3 is 0 Å². The molecule has 4 nitrogen and oxygen atoms in total. The van der Waals surface area contributed by atoms with Gasteiger partial charge in [0.05, 0.1) is 18.8 Å². The van der Waals surface area contributed by atoms with Crippen molar-refractivity contribution in [1.82, 2.24) is 9.80 Å². The quantitative estimate of drug-likeness (QED) is 0.849. The minimum atomic E-state index is -0.154. The fourth-order valence-corrected chi connectivity index (χ4v) is 4.28. The van der Waals surface area contributed by atoms with Crippen LogP contribution in [0.4, 0.5) is 4.39 Å². The van der Waals surface area contributed by atoms with Crippen LogP contribution < -0.4 is 0 Å². The van der Waals surface area contributed by atoms with E-state index < -0.39 is 0 Å². The van der Waals surface area contributed by atoms with Crippen LogP contribution in [0.5, 0.6) is 0 Å². The molecule has 3 heterocycles. The van der Waals surface area contributed by atoms with Gasteiger partial charge in [0.2, 0.25) is 0 Å². The van der Waals surface area contributed by atoms with Crippen molar-refractivity contribution in [3.05, 3.63) is 35.6 Å². The van der Waals surface area contributed by atoms with Crippen LogP contribution >= 0.6 is 0 Å². The zero-order valence-electron chi connectivity index (χ0n) is 13.5. The van der Waals surface area contributed by atoms with Crippen molar-refractivity contribution >= 4 is 0 Å². The molecule has 0 amide bonds. The van der Waals surface area contributed by atoms with E-state index in [-0.39, 0.29) is 5.82 Å². The van der Waals surface area contributed by atoms with E-state index in [0.717, 1.165) is 64.4 Å². The molecule has 0 aliphatic carbocycles. The van der Waals surface area contributed by atoms with Gasteiger partial charge in [-0.3, -0.25) is 9.80 Å². The number of ether oxygens (including phenoxy) is 2. The van der Waals surface area contributed by atoms with Gasteiger partial charge in [0, 0.05) is 45.4 Å². The van der Waals surface area contributed by atoms with E-state index in [1.165, 1.54) is 6.07 Å². The number of fused-ring (bicyclic) bond motifs is 1. The van der Waals surface area contributed by atoms with Crippen LogP contribution in [-0.2, 0) is 16.0 Å². The minimum absolute atomic E-state index is 0.154. The summed E-state index contributed by atoms with van der Waals surface area (Å²) in [6.45, 7) is 6.37. The molecule has 0 spiro atoms. The van der Waals surface area contributed by atoms with Crippen molar-refractivity contribution in [1.29, 1.82) is 0 Å². The fraction of sp³-hybridized carbons (Fsp3) is 0.667. The largest absolute Gasteiger partial charge is 0.381 e. The van der Waals surface area contributed by atoms with Gasteiger partial charge in [-0.05, 0) is 30.5 Å². The second kappa shape index (κ2) is 6.85. The van der Waals surface area contributed by atoms with Crippen molar-refractivity contribution in [2.24, 2.45) is 0 Å². The third-order valence-corrected chi connectivity index (χ3v) is 5.38. The van der Waals surface area contributed by atoms with Crippen molar-refractivity contribution < 1.29 is 13.9 Å². The average Bonchev–Trinajstić information content (AvgIpc) is 2.98. The Labute approximate surface area is 137 Å². The normalized spacial score (nSPS) is 30.5. The van der Waals surface area contributed by atoms with E-state index in [1.807, 2.05) is 6.07 Å². The lowest BCUT2D eigenvalue weighted by Crippen LogP contribution is -2.56. The van der Waals surface area contributed by atoms with E-state index in [1.54, 1.807) is 12.1 Å². The molecule has 5 heteroatoms. The molecule has 3 saturated heterocycles. The van der Waals surface area contributed by atoms with Crippen LogP contribution in [-0.4, -0.2) is 67.4 Å². The molecule has 0 unspecified atom stereocenters. The highest BCUT2D eigenvalue weighted by atomic mass is 19.1. The van der Waals surface area contributed by atoms with Crippen LogP contribution in [0.3, 0.4) is 0 Å². The number of likely N-dealkylation sites (tertiary alicyclic amines) is 1. The van der Waals surface area contributed by atoms with Crippen LogP contribution in [0.2, 0.25) is 0 Å². The second-order valence-electron chi connectivity index (χ2n) is 6.88. The van der Waals surface area contributed by atoms with E-state index in [4.69, 9.17) is 9.47 Å². The van der Waals surface area contributed by atoms with E-state index in [2.05, 4.69) is 9.80 Å². The Morgan fingerprint density at radius 3 is 2.83 bits per heavy atom. The van der Waals surface area contributed by atoms with Crippen molar-refractivity contribution in [3.63, 3.8) is 0 Å². The summed E-state index contributed by atoms with van der Waals surface area (Å²) in [6, 6.07) is 8.04. The zero-order valence-corrected chi connectivity index (χ0v) is 13.5. The summed E-state index contributed by atoms with van der Waals surface area (Å²) in [5.74, 6) is -0.154. The molecule has 1 aromatic carbocycles. The highest BCUT2D eigenvalue weighted by Gasteiger charge is 2.42. The Balaban J connectivity index is 1.42. The number of hydrogen-bond acceptors (Lipinski definition) is 4. The average molecular weight is 320 g/mol. The lowest BCUT2D eigenvalue weighted by molar-refractivity contribution is -0.0808. The smallest absolute Gasteiger partial charge is 0.123 e. The maximum atomic E-state index is 13.4. The van der Waals surface area contributed by atoms with Crippen LogP contribution in [0.25, 0.3) is 0 Å². The minimum Gasteiger partial charge on any atom is -0.381 e. The molecule has 0 bridgehead atoms. The Morgan fingerprint density at radius 2 is 2.00 bits per heavy atom. The van der Waals surface area contributed by atoms with Gasteiger partial charge in [0.25, 0.3) is 0 Å². The molecular formula is C18H25FN2O2. The first-order valence-corrected chi connectivity index (χ1v) is 8.71. The molecular weight excluding hydrogens is 295 g/mol. The number of rotatable bonds is 3. The Kier molecular flexibility index (Phi) is 4.62.